The molecule has 1 N–H and O–H groups in total. The minimum atomic E-state index is -0.136. The third-order valence-corrected chi connectivity index (χ3v) is 4.59. The molecule has 4 rings (SSSR count). The fourth-order valence-corrected chi connectivity index (χ4v) is 3.39. The van der Waals surface area contributed by atoms with Gasteiger partial charge in [-0.15, -0.1) is 0 Å². The van der Waals surface area contributed by atoms with E-state index in [1.807, 2.05) is 43.5 Å². The van der Waals surface area contributed by atoms with Crippen LogP contribution in [0.3, 0.4) is 0 Å². The number of imidazole rings is 1. The van der Waals surface area contributed by atoms with E-state index in [4.69, 9.17) is 4.52 Å². The topological polar surface area (TPSA) is 73.0 Å². The van der Waals surface area contributed by atoms with Crippen LogP contribution in [0.4, 0.5) is 0 Å². The van der Waals surface area contributed by atoms with Crippen LogP contribution in [0.1, 0.15) is 34.1 Å². The van der Waals surface area contributed by atoms with E-state index < -0.39 is 0 Å². The van der Waals surface area contributed by atoms with Gasteiger partial charge >= 0.3 is 0 Å². The van der Waals surface area contributed by atoms with Gasteiger partial charge in [-0.05, 0) is 20.3 Å². The number of carbonyl (C=O) groups is 1. The highest BCUT2D eigenvalue weighted by Crippen LogP contribution is 2.25. The largest absolute Gasteiger partial charge is 0.360 e. The molecule has 6 nitrogen and oxygen atoms in total. The second-order valence-electron chi connectivity index (χ2n) is 6.49. The molecule has 3 aromatic rings. The maximum absolute atomic E-state index is 12.9. The third kappa shape index (κ3) is 2.95. The van der Waals surface area contributed by atoms with Crippen molar-refractivity contribution in [1.29, 1.82) is 0 Å². The van der Waals surface area contributed by atoms with Crippen LogP contribution in [0.25, 0.3) is 11.3 Å². The van der Waals surface area contributed by atoms with Gasteiger partial charge in [0.25, 0.3) is 5.91 Å². The first-order valence-electron chi connectivity index (χ1n) is 8.47. The average molecular weight is 336 g/mol. The van der Waals surface area contributed by atoms with Gasteiger partial charge in [-0.3, -0.25) is 4.79 Å². The van der Waals surface area contributed by atoms with E-state index in [-0.39, 0.29) is 11.9 Å². The summed E-state index contributed by atoms with van der Waals surface area (Å²) >= 11 is 0. The van der Waals surface area contributed by atoms with Gasteiger partial charge in [0.1, 0.15) is 22.8 Å². The van der Waals surface area contributed by atoms with Crippen molar-refractivity contribution in [3.63, 3.8) is 0 Å². The van der Waals surface area contributed by atoms with Gasteiger partial charge < -0.3 is 14.4 Å². The first kappa shape index (κ1) is 15.6. The minimum Gasteiger partial charge on any atom is -0.360 e. The normalized spacial score (nSPS) is 16.5. The van der Waals surface area contributed by atoms with Crippen molar-refractivity contribution in [2.24, 2.45) is 0 Å². The summed E-state index contributed by atoms with van der Waals surface area (Å²) in [6.07, 6.45) is 3.79. The lowest BCUT2D eigenvalue weighted by Gasteiger charge is -2.24. The molecular formula is C19H20N4O2. The Kier molecular flexibility index (Phi) is 3.87. The lowest BCUT2D eigenvalue weighted by atomic mass is 10.0. The van der Waals surface area contributed by atoms with Crippen LogP contribution >= 0.6 is 0 Å². The van der Waals surface area contributed by atoms with Gasteiger partial charge in [0, 0.05) is 30.8 Å². The number of fused-ring (bicyclic) bond motifs is 1. The second kappa shape index (κ2) is 6.20. The summed E-state index contributed by atoms with van der Waals surface area (Å²) in [4.78, 5) is 17.4. The molecule has 1 unspecified atom stereocenters. The first-order valence-corrected chi connectivity index (χ1v) is 8.47. The number of hydrogen-bond acceptors (Lipinski definition) is 4. The Bertz CT molecular complexity index is 911. The van der Waals surface area contributed by atoms with Gasteiger partial charge in [-0.1, -0.05) is 35.5 Å². The number of amides is 1. The Balaban J connectivity index is 1.55. The maximum Gasteiger partial charge on any atom is 0.257 e. The molecule has 6 heteroatoms. The number of nitrogens with one attached hydrogen (secondary N) is 1. The van der Waals surface area contributed by atoms with Crippen molar-refractivity contribution in [2.45, 2.75) is 39.3 Å². The summed E-state index contributed by atoms with van der Waals surface area (Å²) in [5.74, 6) is 1.49. The number of rotatable bonds is 3. The van der Waals surface area contributed by atoms with E-state index >= 15 is 0 Å². The molecule has 1 atom stereocenters. The molecule has 0 saturated heterocycles. The molecule has 0 fully saturated rings. The molecule has 0 spiro atoms. The second-order valence-corrected chi connectivity index (χ2v) is 6.49. The van der Waals surface area contributed by atoms with Crippen LogP contribution in [0.5, 0.6) is 0 Å². The maximum atomic E-state index is 12.9. The molecule has 1 aromatic carbocycles. The lowest BCUT2D eigenvalue weighted by molar-refractivity contribution is 0.0926. The standard InChI is InChI=1S/C19H20N4O2/c1-12-10-23-11-15(8-9-16(23)20-12)21-19(24)17-13(2)25-22-18(17)14-6-4-3-5-7-14/h3-7,10,15H,8-9,11H2,1-2H3,(H,21,24). The van der Waals surface area contributed by atoms with E-state index in [2.05, 4.69) is 20.0 Å². The highest BCUT2D eigenvalue weighted by molar-refractivity contribution is 6.00. The molecule has 128 valence electrons. The fourth-order valence-electron chi connectivity index (χ4n) is 3.39. The van der Waals surface area contributed by atoms with Crippen LogP contribution in [0.15, 0.2) is 41.1 Å². The number of aromatic nitrogens is 3. The molecule has 3 heterocycles. The van der Waals surface area contributed by atoms with Crippen molar-refractivity contribution < 1.29 is 9.32 Å². The fraction of sp³-hybridized carbons (Fsp3) is 0.316. The van der Waals surface area contributed by atoms with Crippen molar-refractivity contribution in [2.75, 3.05) is 0 Å². The van der Waals surface area contributed by atoms with Gasteiger partial charge in [-0.2, -0.15) is 0 Å². The highest BCUT2D eigenvalue weighted by atomic mass is 16.5. The summed E-state index contributed by atoms with van der Waals surface area (Å²) in [6, 6.07) is 9.70. The Labute approximate surface area is 145 Å². The lowest BCUT2D eigenvalue weighted by Crippen LogP contribution is -2.41. The number of carbonyl (C=O) groups excluding carboxylic acids is 1. The average Bonchev–Trinajstić information content (AvgIpc) is 3.17. The van der Waals surface area contributed by atoms with Crippen molar-refractivity contribution in [1.82, 2.24) is 20.0 Å². The zero-order valence-electron chi connectivity index (χ0n) is 14.3. The van der Waals surface area contributed by atoms with Crippen LogP contribution < -0.4 is 5.32 Å². The SMILES string of the molecule is Cc1cn2c(n1)CCC(NC(=O)c1c(-c3ccccc3)noc1C)C2. The Hall–Kier alpha value is -2.89. The van der Waals surface area contributed by atoms with E-state index in [1.165, 1.54) is 0 Å². The number of hydrogen-bond donors (Lipinski definition) is 1. The summed E-state index contributed by atoms with van der Waals surface area (Å²) in [6.45, 7) is 4.50. The third-order valence-electron chi connectivity index (χ3n) is 4.59. The number of aryl methyl sites for hydroxylation is 3. The zero-order valence-corrected chi connectivity index (χ0v) is 14.3. The molecule has 0 aliphatic carbocycles. The Morgan fingerprint density at radius 1 is 1.28 bits per heavy atom. The van der Waals surface area contributed by atoms with Gasteiger partial charge in [0.2, 0.25) is 0 Å². The summed E-state index contributed by atoms with van der Waals surface area (Å²) in [5.41, 5.74) is 2.99. The zero-order chi connectivity index (χ0) is 17.4. The van der Waals surface area contributed by atoms with Gasteiger partial charge in [0.05, 0.1) is 5.69 Å². The van der Waals surface area contributed by atoms with Crippen LogP contribution in [0.2, 0.25) is 0 Å². The minimum absolute atomic E-state index is 0.0755. The molecule has 2 aromatic heterocycles. The Morgan fingerprint density at radius 3 is 2.88 bits per heavy atom. The number of benzene rings is 1. The monoisotopic (exact) mass is 336 g/mol. The van der Waals surface area contributed by atoms with E-state index in [9.17, 15) is 4.79 Å². The summed E-state index contributed by atoms with van der Waals surface area (Å²) in [5, 5.41) is 7.22. The van der Waals surface area contributed by atoms with E-state index in [0.29, 0.717) is 17.0 Å². The molecule has 1 aliphatic rings. The first-order chi connectivity index (χ1) is 12.1. The molecule has 1 aliphatic heterocycles. The van der Waals surface area contributed by atoms with Gasteiger partial charge in [0.15, 0.2) is 0 Å². The predicted molar refractivity (Wildman–Crippen MR) is 93.2 cm³/mol. The molecule has 0 saturated carbocycles. The quantitative estimate of drug-likeness (QED) is 0.798. The van der Waals surface area contributed by atoms with Crippen LogP contribution in [-0.4, -0.2) is 26.7 Å². The van der Waals surface area contributed by atoms with Gasteiger partial charge in [-0.25, -0.2) is 4.98 Å². The van der Waals surface area contributed by atoms with Crippen LogP contribution in [0, 0.1) is 13.8 Å². The Morgan fingerprint density at radius 2 is 2.08 bits per heavy atom. The smallest absolute Gasteiger partial charge is 0.257 e. The van der Waals surface area contributed by atoms with Crippen LogP contribution in [-0.2, 0) is 13.0 Å². The molecule has 25 heavy (non-hydrogen) atoms. The van der Waals surface area contributed by atoms with Crippen molar-refractivity contribution in [3.05, 3.63) is 59.4 Å². The molecule has 0 bridgehead atoms. The molecular weight excluding hydrogens is 316 g/mol. The summed E-state index contributed by atoms with van der Waals surface area (Å²) < 4.78 is 7.42. The number of nitrogens with zero attached hydrogens (tertiary/aromatic N) is 3. The molecule has 0 radical (unpaired) electrons. The van der Waals surface area contributed by atoms with E-state index in [0.717, 1.165) is 36.5 Å². The van der Waals surface area contributed by atoms with Crippen molar-refractivity contribution in [3.8, 4) is 11.3 Å². The van der Waals surface area contributed by atoms with Crippen molar-refractivity contribution >= 4 is 5.91 Å². The highest BCUT2D eigenvalue weighted by Gasteiger charge is 2.26. The predicted octanol–water partition coefficient (Wildman–Crippen LogP) is 2.90. The van der Waals surface area contributed by atoms with E-state index in [1.54, 1.807) is 6.92 Å². The summed E-state index contributed by atoms with van der Waals surface area (Å²) in [7, 11) is 0. The molecule has 1 amide bonds.